The van der Waals surface area contributed by atoms with E-state index in [0.29, 0.717) is 23.5 Å². The van der Waals surface area contributed by atoms with Gasteiger partial charge in [-0.05, 0) is 65.7 Å². The number of imidazole rings is 1. The zero-order chi connectivity index (χ0) is 23.3. The third-order valence-corrected chi connectivity index (χ3v) is 6.39. The minimum Gasteiger partial charge on any atom is -0.364 e. The first-order valence-electron chi connectivity index (χ1n) is 10.4. The van der Waals surface area contributed by atoms with Gasteiger partial charge in [-0.1, -0.05) is 12.1 Å². The predicted molar refractivity (Wildman–Crippen MR) is 129 cm³/mol. The highest BCUT2D eigenvalue weighted by Gasteiger charge is 2.58. The molecule has 5 rings (SSSR count). The molecule has 2 saturated heterocycles. The lowest BCUT2D eigenvalue weighted by Gasteiger charge is -2.24. The van der Waals surface area contributed by atoms with E-state index in [-0.39, 0.29) is 11.2 Å². The Morgan fingerprint density at radius 3 is 2.82 bits per heavy atom. The number of likely N-dealkylation sites (N-methyl/N-ethyl adjacent to an activating group) is 1. The highest BCUT2D eigenvalue weighted by molar-refractivity contribution is 14.1. The number of hydrogen-bond acceptors (Lipinski definition) is 8. The van der Waals surface area contributed by atoms with Gasteiger partial charge in [0.2, 0.25) is 5.28 Å². The Kier molecular flexibility index (Phi) is 5.93. The molecule has 12 heteroatoms. The Bertz CT molecular complexity index is 1220. The molecule has 0 spiro atoms. The molecule has 3 aromatic rings. The van der Waals surface area contributed by atoms with Crippen LogP contribution in [0.15, 0.2) is 30.6 Å². The second-order valence-electron chi connectivity index (χ2n) is 8.28. The van der Waals surface area contributed by atoms with Crippen LogP contribution in [0.3, 0.4) is 0 Å². The second-order valence-corrected chi connectivity index (χ2v) is 9.86. The minimum absolute atomic E-state index is 0.0655. The highest BCUT2D eigenvalue weighted by Crippen LogP contribution is 2.44. The van der Waals surface area contributed by atoms with E-state index in [1.807, 2.05) is 18.2 Å². The molecule has 2 aliphatic rings. The standard InChI is InChI=1S/C21H22ClIN6O4/c1-21(2)32-13-14(18(30)24-3)31-19(15(13)33-21)29-9-26-12-16(27-20(22)28-17(12)29)25-8-10-5-4-6-11(23)7-10/h4-7,9,13-15,19H,8H2,1-3H3,(H,24,30)(H,25,27,28)/t13-,14+,15-,19-/m1/s1. The van der Waals surface area contributed by atoms with Crippen molar-refractivity contribution < 1.29 is 19.0 Å². The average molecular weight is 585 g/mol. The van der Waals surface area contributed by atoms with E-state index in [9.17, 15) is 4.79 Å². The van der Waals surface area contributed by atoms with Gasteiger partial charge in [0.15, 0.2) is 35.1 Å². The van der Waals surface area contributed by atoms with Gasteiger partial charge in [0.05, 0.1) is 6.33 Å². The van der Waals surface area contributed by atoms with E-state index >= 15 is 0 Å². The van der Waals surface area contributed by atoms with Crippen LogP contribution in [0.25, 0.3) is 11.2 Å². The maximum atomic E-state index is 12.4. The summed E-state index contributed by atoms with van der Waals surface area (Å²) in [6.45, 7) is 4.16. The summed E-state index contributed by atoms with van der Waals surface area (Å²) in [7, 11) is 1.56. The molecule has 4 atom stereocenters. The molecule has 2 aliphatic heterocycles. The molecule has 2 N–H and O–H groups in total. The number of carbonyl (C=O) groups excluding carboxylic acids is 1. The summed E-state index contributed by atoms with van der Waals surface area (Å²) in [6, 6.07) is 8.13. The van der Waals surface area contributed by atoms with Gasteiger partial charge in [0.1, 0.15) is 12.2 Å². The van der Waals surface area contributed by atoms with Gasteiger partial charge in [-0.3, -0.25) is 9.36 Å². The monoisotopic (exact) mass is 584 g/mol. The highest BCUT2D eigenvalue weighted by atomic mass is 127. The summed E-state index contributed by atoms with van der Waals surface area (Å²) in [5, 5.41) is 5.98. The van der Waals surface area contributed by atoms with E-state index in [1.165, 1.54) is 0 Å². The van der Waals surface area contributed by atoms with Crippen molar-refractivity contribution in [1.82, 2.24) is 24.8 Å². The number of nitrogens with one attached hydrogen (secondary N) is 2. The Balaban J connectivity index is 1.48. The van der Waals surface area contributed by atoms with Gasteiger partial charge < -0.3 is 24.8 Å². The van der Waals surface area contributed by atoms with E-state index in [1.54, 1.807) is 31.8 Å². The number of fused-ring (bicyclic) bond motifs is 2. The smallest absolute Gasteiger partial charge is 0.251 e. The van der Waals surface area contributed by atoms with E-state index < -0.39 is 30.3 Å². The van der Waals surface area contributed by atoms with Crippen molar-refractivity contribution in [3.8, 4) is 0 Å². The summed E-state index contributed by atoms with van der Waals surface area (Å²) >= 11 is 8.53. The number of amides is 1. The van der Waals surface area contributed by atoms with Crippen LogP contribution in [-0.4, -0.2) is 56.6 Å². The second kappa shape index (κ2) is 8.62. The van der Waals surface area contributed by atoms with Crippen LogP contribution in [0, 0.1) is 3.57 Å². The van der Waals surface area contributed by atoms with Crippen molar-refractivity contribution >= 4 is 57.1 Å². The van der Waals surface area contributed by atoms with E-state index in [0.717, 1.165) is 9.13 Å². The van der Waals surface area contributed by atoms with Crippen molar-refractivity contribution in [1.29, 1.82) is 0 Å². The van der Waals surface area contributed by atoms with Gasteiger partial charge >= 0.3 is 0 Å². The SMILES string of the molecule is CNC(=O)[C@H]1O[C@@H](n2cnc3c(NCc4cccc(I)c4)nc(Cl)nc32)[C@@H]2OC(C)(C)O[C@@H]21. The number of halogens is 2. The molecule has 10 nitrogen and oxygen atoms in total. The molecule has 0 bridgehead atoms. The Labute approximate surface area is 208 Å². The number of aromatic nitrogens is 4. The van der Waals surface area contributed by atoms with Crippen LogP contribution in [0.4, 0.5) is 5.82 Å². The number of carbonyl (C=O) groups is 1. The molecule has 1 aromatic carbocycles. The average Bonchev–Trinajstić information content (AvgIpc) is 3.42. The van der Waals surface area contributed by atoms with Gasteiger partial charge in [-0.25, -0.2) is 4.98 Å². The zero-order valence-electron chi connectivity index (χ0n) is 18.1. The quantitative estimate of drug-likeness (QED) is 0.348. The predicted octanol–water partition coefficient (Wildman–Crippen LogP) is 2.86. The third kappa shape index (κ3) is 4.28. The van der Waals surface area contributed by atoms with Crippen LogP contribution in [0.2, 0.25) is 5.28 Å². The Morgan fingerprint density at radius 1 is 1.27 bits per heavy atom. The number of benzene rings is 1. The largest absolute Gasteiger partial charge is 0.364 e. The van der Waals surface area contributed by atoms with Gasteiger partial charge in [0, 0.05) is 17.2 Å². The fraction of sp³-hybridized carbons (Fsp3) is 0.429. The first-order chi connectivity index (χ1) is 15.8. The minimum atomic E-state index is -0.855. The van der Waals surface area contributed by atoms with Crippen LogP contribution in [-0.2, 0) is 25.5 Å². The summed E-state index contributed by atoms with van der Waals surface area (Å²) < 4.78 is 21.0. The number of anilines is 1. The maximum absolute atomic E-state index is 12.4. The number of rotatable bonds is 5. The zero-order valence-corrected chi connectivity index (χ0v) is 21.0. The van der Waals surface area contributed by atoms with Crippen LogP contribution in [0.1, 0.15) is 25.6 Å². The lowest BCUT2D eigenvalue weighted by atomic mass is 10.1. The van der Waals surface area contributed by atoms with Crippen molar-refractivity contribution in [2.75, 3.05) is 12.4 Å². The molecule has 0 unspecified atom stereocenters. The summed E-state index contributed by atoms with van der Waals surface area (Å²) in [4.78, 5) is 25.7. The molecule has 0 radical (unpaired) electrons. The first-order valence-corrected chi connectivity index (χ1v) is 11.8. The van der Waals surface area contributed by atoms with Crippen molar-refractivity contribution in [3.05, 3.63) is 45.0 Å². The van der Waals surface area contributed by atoms with Gasteiger partial charge in [0.25, 0.3) is 5.91 Å². The molecule has 33 heavy (non-hydrogen) atoms. The summed E-state index contributed by atoms with van der Waals surface area (Å²) in [5.41, 5.74) is 2.10. The molecular weight excluding hydrogens is 563 g/mol. The van der Waals surface area contributed by atoms with Crippen molar-refractivity contribution in [2.24, 2.45) is 0 Å². The lowest BCUT2D eigenvalue weighted by molar-refractivity contribution is -0.197. The molecule has 0 aliphatic carbocycles. The normalized spacial score (nSPS) is 25.8. The number of ether oxygens (including phenoxy) is 3. The van der Waals surface area contributed by atoms with Crippen LogP contribution < -0.4 is 10.6 Å². The fourth-order valence-electron chi connectivity index (χ4n) is 4.19. The molecule has 174 valence electrons. The Hall–Kier alpha value is -2.06. The molecular formula is C21H22ClIN6O4. The van der Waals surface area contributed by atoms with E-state index in [4.69, 9.17) is 25.8 Å². The van der Waals surface area contributed by atoms with E-state index in [2.05, 4.69) is 54.2 Å². The topological polar surface area (TPSA) is 112 Å². The molecule has 1 amide bonds. The fourth-order valence-corrected chi connectivity index (χ4v) is 4.96. The molecule has 2 aromatic heterocycles. The summed E-state index contributed by atoms with van der Waals surface area (Å²) in [6.07, 6.45) is -1.03. The van der Waals surface area contributed by atoms with Crippen LogP contribution in [0.5, 0.6) is 0 Å². The number of nitrogens with zero attached hydrogens (tertiary/aromatic N) is 4. The lowest BCUT2D eigenvalue weighted by Crippen LogP contribution is -2.41. The van der Waals surface area contributed by atoms with Crippen LogP contribution >= 0.6 is 34.2 Å². The Morgan fingerprint density at radius 2 is 2.06 bits per heavy atom. The van der Waals surface area contributed by atoms with Gasteiger partial charge in [-0.15, -0.1) is 0 Å². The van der Waals surface area contributed by atoms with Crippen molar-refractivity contribution in [3.63, 3.8) is 0 Å². The molecule has 0 saturated carbocycles. The third-order valence-electron chi connectivity index (χ3n) is 5.55. The first kappa shape index (κ1) is 22.7. The maximum Gasteiger partial charge on any atom is 0.251 e. The van der Waals surface area contributed by atoms with Gasteiger partial charge in [-0.2, -0.15) is 9.97 Å². The molecule has 2 fully saturated rings. The molecule has 4 heterocycles. The summed E-state index contributed by atoms with van der Waals surface area (Å²) in [5.74, 6) is -0.637. The van der Waals surface area contributed by atoms with Crippen molar-refractivity contribution in [2.45, 2.75) is 50.7 Å². The number of hydrogen-bond donors (Lipinski definition) is 2.